The van der Waals surface area contributed by atoms with Crippen LogP contribution in [-0.4, -0.2) is 19.3 Å². The minimum absolute atomic E-state index is 0.135. The normalized spacial score (nSPS) is 28.8. The van der Waals surface area contributed by atoms with Crippen molar-refractivity contribution in [3.63, 3.8) is 0 Å². The summed E-state index contributed by atoms with van der Waals surface area (Å²) < 4.78 is 21.1. The van der Waals surface area contributed by atoms with Crippen molar-refractivity contribution in [2.75, 3.05) is 7.11 Å². The number of esters is 1. The molecule has 0 amide bonds. The van der Waals surface area contributed by atoms with E-state index >= 15 is 4.39 Å². The first-order valence-electron chi connectivity index (χ1n) is 11.9. The van der Waals surface area contributed by atoms with Crippen LogP contribution in [0.1, 0.15) is 86.6 Å². The maximum absolute atomic E-state index is 16.0. The largest absolute Gasteiger partial charge is 0.465 e. The van der Waals surface area contributed by atoms with Gasteiger partial charge in [-0.1, -0.05) is 69.4 Å². The minimum atomic E-state index is -0.880. The quantitative estimate of drug-likeness (QED) is 0.365. The van der Waals surface area contributed by atoms with Crippen molar-refractivity contribution < 1.29 is 13.9 Å². The molecule has 2 nitrogen and oxygen atoms in total. The van der Waals surface area contributed by atoms with Gasteiger partial charge >= 0.3 is 5.97 Å². The lowest BCUT2D eigenvalue weighted by Gasteiger charge is -2.45. The fourth-order valence-corrected chi connectivity index (χ4v) is 6.22. The third-order valence-electron chi connectivity index (χ3n) is 7.75. The molecule has 3 heteroatoms. The number of rotatable bonds is 6. The summed E-state index contributed by atoms with van der Waals surface area (Å²) in [5, 5.41) is 2.06. The van der Waals surface area contributed by atoms with Gasteiger partial charge in [-0.25, -0.2) is 9.18 Å². The average molecular weight is 411 g/mol. The van der Waals surface area contributed by atoms with Crippen molar-refractivity contribution in [1.29, 1.82) is 0 Å². The molecule has 0 saturated heterocycles. The van der Waals surface area contributed by atoms with E-state index in [1.54, 1.807) is 0 Å². The Balaban J connectivity index is 1.59. The standard InChI is InChI=1S/C27H35FO2/c1-3-4-5-8-18-11-14-22-20(17-18)13-15-23(26(22)28)25-21-10-7-6-9-19(21)12-16-24(25)27(29)30-2/h6-7,9-10,12,16,18,20,22-23,26H,3-5,8,11,13-15,17H2,1-2H3. The summed E-state index contributed by atoms with van der Waals surface area (Å²) >= 11 is 0. The van der Waals surface area contributed by atoms with Crippen molar-refractivity contribution in [2.45, 2.75) is 76.8 Å². The second kappa shape index (κ2) is 9.49. The molecule has 30 heavy (non-hydrogen) atoms. The lowest BCUT2D eigenvalue weighted by molar-refractivity contribution is 0.0323. The van der Waals surface area contributed by atoms with Crippen LogP contribution in [0.5, 0.6) is 0 Å². The lowest BCUT2D eigenvalue weighted by atomic mass is 9.61. The first-order chi connectivity index (χ1) is 14.6. The van der Waals surface area contributed by atoms with E-state index in [9.17, 15) is 4.79 Å². The van der Waals surface area contributed by atoms with Crippen LogP contribution >= 0.6 is 0 Å². The van der Waals surface area contributed by atoms with Gasteiger partial charge in [0, 0.05) is 5.92 Å². The second-order valence-electron chi connectivity index (χ2n) is 9.47. The fraction of sp³-hybridized carbons (Fsp3) is 0.593. The van der Waals surface area contributed by atoms with Crippen LogP contribution in [0.4, 0.5) is 4.39 Å². The zero-order chi connectivity index (χ0) is 21.1. The number of carbonyl (C=O) groups is 1. The van der Waals surface area contributed by atoms with Crippen LogP contribution in [0.2, 0.25) is 0 Å². The number of alkyl halides is 1. The smallest absolute Gasteiger partial charge is 0.338 e. The van der Waals surface area contributed by atoms with E-state index in [1.807, 2.05) is 36.4 Å². The molecule has 2 aromatic carbocycles. The van der Waals surface area contributed by atoms with Crippen molar-refractivity contribution >= 4 is 16.7 Å². The summed E-state index contributed by atoms with van der Waals surface area (Å²) in [6, 6.07) is 11.8. The first kappa shape index (κ1) is 21.3. The van der Waals surface area contributed by atoms with E-state index in [4.69, 9.17) is 4.74 Å². The molecule has 5 unspecified atom stereocenters. The molecule has 0 heterocycles. The van der Waals surface area contributed by atoms with Crippen LogP contribution in [0, 0.1) is 17.8 Å². The molecule has 2 aromatic rings. The number of carbonyl (C=O) groups excluding carboxylic acids is 1. The Morgan fingerprint density at radius 1 is 1.07 bits per heavy atom. The molecule has 5 atom stereocenters. The predicted octanol–water partition coefficient (Wildman–Crippen LogP) is 7.45. The van der Waals surface area contributed by atoms with Crippen LogP contribution < -0.4 is 0 Å². The van der Waals surface area contributed by atoms with Gasteiger partial charge < -0.3 is 4.74 Å². The summed E-state index contributed by atoms with van der Waals surface area (Å²) in [4.78, 5) is 12.5. The molecule has 2 aliphatic rings. The summed E-state index contributed by atoms with van der Waals surface area (Å²) in [5.74, 6) is 0.848. The van der Waals surface area contributed by atoms with Crippen molar-refractivity contribution in [3.05, 3.63) is 47.5 Å². The van der Waals surface area contributed by atoms with Crippen LogP contribution in [0.3, 0.4) is 0 Å². The van der Waals surface area contributed by atoms with Gasteiger partial charge in [-0.15, -0.1) is 0 Å². The monoisotopic (exact) mass is 410 g/mol. The van der Waals surface area contributed by atoms with Gasteiger partial charge in [0.2, 0.25) is 0 Å². The van der Waals surface area contributed by atoms with Gasteiger partial charge in [0.15, 0.2) is 0 Å². The van der Waals surface area contributed by atoms with E-state index in [0.717, 1.165) is 47.9 Å². The van der Waals surface area contributed by atoms with E-state index in [1.165, 1.54) is 39.2 Å². The summed E-state index contributed by atoms with van der Waals surface area (Å²) in [5.41, 5.74) is 1.41. The number of halogens is 1. The minimum Gasteiger partial charge on any atom is -0.465 e. The van der Waals surface area contributed by atoms with Crippen LogP contribution in [0.25, 0.3) is 10.8 Å². The molecule has 0 N–H and O–H groups in total. The van der Waals surface area contributed by atoms with Gasteiger partial charge in [0.25, 0.3) is 0 Å². The zero-order valence-corrected chi connectivity index (χ0v) is 18.4. The SMILES string of the molecule is CCCCCC1CCC2C(CCC(c3c(C(=O)OC)ccc4ccccc34)C2F)C1. The van der Waals surface area contributed by atoms with Crippen molar-refractivity contribution in [2.24, 2.45) is 17.8 Å². The number of unbranched alkanes of at least 4 members (excludes halogenated alkanes) is 2. The van der Waals surface area contributed by atoms with E-state index in [0.29, 0.717) is 11.5 Å². The Hall–Kier alpha value is -1.90. The summed E-state index contributed by atoms with van der Waals surface area (Å²) in [6.07, 6.45) is 9.58. The summed E-state index contributed by atoms with van der Waals surface area (Å²) in [6.45, 7) is 2.25. The molecule has 2 saturated carbocycles. The lowest BCUT2D eigenvalue weighted by Crippen LogP contribution is -2.39. The Labute approximate surface area is 180 Å². The Morgan fingerprint density at radius 3 is 2.70 bits per heavy atom. The third-order valence-corrected chi connectivity index (χ3v) is 7.75. The average Bonchev–Trinajstić information content (AvgIpc) is 2.78. The highest BCUT2D eigenvalue weighted by atomic mass is 19.1. The Morgan fingerprint density at radius 2 is 1.90 bits per heavy atom. The van der Waals surface area contributed by atoms with Crippen molar-refractivity contribution in [1.82, 2.24) is 0 Å². The first-order valence-corrected chi connectivity index (χ1v) is 11.9. The highest BCUT2D eigenvalue weighted by Crippen LogP contribution is 2.51. The zero-order valence-electron chi connectivity index (χ0n) is 18.4. The van der Waals surface area contributed by atoms with Gasteiger partial charge in [-0.3, -0.25) is 0 Å². The molecule has 0 aliphatic heterocycles. The van der Waals surface area contributed by atoms with Gasteiger partial charge in [0.05, 0.1) is 12.7 Å². The number of methoxy groups -OCH3 is 1. The Kier molecular flexibility index (Phi) is 6.75. The van der Waals surface area contributed by atoms with E-state index in [2.05, 4.69) is 6.92 Å². The molecular weight excluding hydrogens is 375 g/mol. The molecule has 0 spiro atoms. The number of benzene rings is 2. The molecule has 2 aliphatic carbocycles. The molecule has 0 bridgehead atoms. The molecule has 162 valence electrons. The highest BCUT2D eigenvalue weighted by molar-refractivity contribution is 5.99. The maximum Gasteiger partial charge on any atom is 0.338 e. The molecule has 2 fully saturated rings. The molecule has 4 rings (SSSR count). The number of ether oxygens (including phenoxy) is 1. The number of hydrogen-bond acceptors (Lipinski definition) is 2. The second-order valence-corrected chi connectivity index (χ2v) is 9.47. The van der Waals surface area contributed by atoms with Gasteiger partial charge in [-0.2, -0.15) is 0 Å². The maximum atomic E-state index is 16.0. The van der Waals surface area contributed by atoms with Crippen LogP contribution in [-0.2, 0) is 4.74 Å². The molecule has 0 aromatic heterocycles. The summed E-state index contributed by atoms with van der Waals surface area (Å²) in [7, 11) is 1.41. The fourth-order valence-electron chi connectivity index (χ4n) is 6.22. The predicted molar refractivity (Wildman–Crippen MR) is 121 cm³/mol. The topological polar surface area (TPSA) is 26.3 Å². The van der Waals surface area contributed by atoms with Gasteiger partial charge in [0.1, 0.15) is 6.17 Å². The van der Waals surface area contributed by atoms with Crippen molar-refractivity contribution in [3.8, 4) is 0 Å². The Bertz CT molecular complexity index is 876. The number of hydrogen-bond donors (Lipinski definition) is 0. The molecular formula is C27H35FO2. The van der Waals surface area contributed by atoms with E-state index in [-0.39, 0.29) is 17.8 Å². The molecule has 0 radical (unpaired) electrons. The van der Waals surface area contributed by atoms with E-state index < -0.39 is 6.17 Å². The highest BCUT2D eigenvalue weighted by Gasteiger charge is 2.44. The van der Waals surface area contributed by atoms with Crippen LogP contribution in [0.15, 0.2) is 36.4 Å². The number of fused-ring (bicyclic) bond motifs is 2. The van der Waals surface area contributed by atoms with Gasteiger partial charge in [-0.05, 0) is 65.8 Å². The third kappa shape index (κ3) is 4.13.